The Morgan fingerprint density at radius 1 is 0.971 bits per heavy atom. The van der Waals surface area contributed by atoms with Gasteiger partial charge >= 0.3 is 18.2 Å². The van der Waals surface area contributed by atoms with Crippen molar-refractivity contribution < 1.29 is 33.7 Å². The Balaban J connectivity index is 1.69. The van der Waals surface area contributed by atoms with E-state index in [1.165, 1.54) is 0 Å². The lowest BCUT2D eigenvalue weighted by Gasteiger charge is -2.29. The van der Waals surface area contributed by atoms with Gasteiger partial charge in [0.15, 0.2) is 6.04 Å². The van der Waals surface area contributed by atoms with Crippen molar-refractivity contribution in [1.82, 2.24) is 5.32 Å². The second kappa shape index (κ2) is 10.2. The minimum atomic E-state index is -1.51. The van der Waals surface area contributed by atoms with Crippen LogP contribution in [-0.4, -0.2) is 47.7 Å². The highest BCUT2D eigenvalue weighted by atomic mass is 16.7. The largest absolute Gasteiger partial charge is 0.509 e. The van der Waals surface area contributed by atoms with Gasteiger partial charge in [0, 0.05) is 5.92 Å². The first-order valence-corrected chi connectivity index (χ1v) is 11.2. The fourth-order valence-corrected chi connectivity index (χ4v) is 4.03. The SMILES string of the molecule is CC(C)[C@@H](OC(=O)OC(C)(C)C)[C@H](NC(=O)OCC1c2ccccc2-c2ccccc21)C(=O)O. The number of hydrogen-bond donors (Lipinski definition) is 2. The normalized spacial score (nSPS) is 14.5. The van der Waals surface area contributed by atoms with E-state index in [1.807, 2.05) is 48.5 Å². The van der Waals surface area contributed by atoms with Crippen LogP contribution >= 0.6 is 0 Å². The maximum absolute atomic E-state index is 12.6. The number of fused-ring (bicyclic) bond motifs is 3. The molecule has 0 aliphatic heterocycles. The Kier molecular flexibility index (Phi) is 7.49. The van der Waals surface area contributed by atoms with Crippen molar-refractivity contribution in [1.29, 1.82) is 0 Å². The highest BCUT2D eigenvalue weighted by Crippen LogP contribution is 2.44. The molecule has 0 aromatic heterocycles. The molecule has 8 heteroatoms. The number of benzene rings is 2. The number of ether oxygens (including phenoxy) is 3. The van der Waals surface area contributed by atoms with Crippen molar-refractivity contribution in [2.24, 2.45) is 5.92 Å². The summed E-state index contributed by atoms with van der Waals surface area (Å²) in [5.41, 5.74) is 3.44. The van der Waals surface area contributed by atoms with E-state index in [4.69, 9.17) is 14.2 Å². The van der Waals surface area contributed by atoms with Crippen LogP contribution in [0.4, 0.5) is 9.59 Å². The molecule has 2 N–H and O–H groups in total. The van der Waals surface area contributed by atoms with Gasteiger partial charge in [0.2, 0.25) is 0 Å². The molecule has 1 aliphatic rings. The fraction of sp³-hybridized carbons (Fsp3) is 0.423. The standard InChI is InChI=1S/C26H31NO7/c1-15(2)22(33-25(31)34-26(3,4)5)21(23(28)29)27-24(30)32-14-20-18-12-8-6-10-16(18)17-11-7-9-13-19(17)20/h6-13,15,20-22H,14H2,1-5H3,(H,27,30)(H,28,29)/t21-,22+/m0/s1. The van der Waals surface area contributed by atoms with Crippen molar-refractivity contribution in [2.45, 2.75) is 58.3 Å². The molecule has 0 radical (unpaired) electrons. The second-order valence-corrected chi connectivity index (χ2v) is 9.58. The first-order valence-electron chi connectivity index (χ1n) is 11.2. The Morgan fingerprint density at radius 2 is 1.50 bits per heavy atom. The van der Waals surface area contributed by atoms with Crippen molar-refractivity contribution in [3.8, 4) is 11.1 Å². The quantitative estimate of drug-likeness (QED) is 0.552. The van der Waals surface area contributed by atoms with Gasteiger partial charge in [0.05, 0.1) is 0 Å². The first kappa shape index (κ1) is 25.1. The van der Waals surface area contributed by atoms with E-state index in [2.05, 4.69) is 5.32 Å². The van der Waals surface area contributed by atoms with Gasteiger partial charge in [-0.05, 0) is 48.9 Å². The van der Waals surface area contributed by atoms with Crippen LogP contribution in [0.3, 0.4) is 0 Å². The molecule has 3 rings (SSSR count). The summed E-state index contributed by atoms with van der Waals surface area (Å²) in [4.78, 5) is 36.7. The molecule has 1 amide bonds. The number of alkyl carbamates (subject to hydrolysis) is 1. The van der Waals surface area contributed by atoms with Crippen molar-refractivity contribution in [3.05, 3.63) is 59.7 Å². The highest BCUT2D eigenvalue weighted by Gasteiger charge is 2.37. The van der Waals surface area contributed by atoms with E-state index in [0.29, 0.717) is 0 Å². The molecule has 0 bridgehead atoms. The maximum Gasteiger partial charge on any atom is 0.509 e. The third-order valence-corrected chi connectivity index (χ3v) is 5.49. The number of rotatable bonds is 7. The summed E-state index contributed by atoms with van der Waals surface area (Å²) < 4.78 is 15.9. The molecule has 8 nitrogen and oxygen atoms in total. The number of carbonyl (C=O) groups is 3. The monoisotopic (exact) mass is 469 g/mol. The summed E-state index contributed by atoms with van der Waals surface area (Å²) >= 11 is 0. The minimum absolute atomic E-state index is 0.0332. The van der Waals surface area contributed by atoms with Crippen molar-refractivity contribution in [2.75, 3.05) is 6.61 Å². The zero-order valence-electron chi connectivity index (χ0n) is 20.0. The smallest absolute Gasteiger partial charge is 0.480 e. The number of aliphatic carboxylic acids is 1. The zero-order valence-corrected chi connectivity index (χ0v) is 20.0. The molecular formula is C26H31NO7. The van der Waals surface area contributed by atoms with Crippen LogP contribution in [0, 0.1) is 5.92 Å². The van der Waals surface area contributed by atoms with E-state index in [-0.39, 0.29) is 12.5 Å². The predicted octanol–water partition coefficient (Wildman–Crippen LogP) is 4.95. The maximum atomic E-state index is 12.6. The molecule has 0 fully saturated rings. The molecular weight excluding hydrogens is 438 g/mol. The Labute approximate surface area is 199 Å². The molecule has 34 heavy (non-hydrogen) atoms. The number of carboxylic acid groups (broad SMARTS) is 1. The molecule has 182 valence electrons. The minimum Gasteiger partial charge on any atom is -0.480 e. The van der Waals surface area contributed by atoms with Crippen molar-refractivity contribution >= 4 is 18.2 Å². The summed E-state index contributed by atoms with van der Waals surface area (Å²) in [5, 5.41) is 12.1. The molecule has 0 unspecified atom stereocenters. The molecule has 0 saturated carbocycles. The third-order valence-electron chi connectivity index (χ3n) is 5.49. The first-order chi connectivity index (χ1) is 16.0. The Hall–Kier alpha value is -3.55. The van der Waals surface area contributed by atoms with Crippen LogP contribution in [0.15, 0.2) is 48.5 Å². The van der Waals surface area contributed by atoms with Gasteiger partial charge in [-0.2, -0.15) is 0 Å². The number of amides is 1. The Bertz CT molecular complexity index is 1010. The zero-order chi connectivity index (χ0) is 25.0. The van der Waals surface area contributed by atoms with Gasteiger partial charge in [0.1, 0.15) is 18.3 Å². The lowest BCUT2D eigenvalue weighted by molar-refractivity contribution is -0.144. The lowest BCUT2D eigenvalue weighted by Crippen LogP contribution is -2.52. The fourth-order valence-electron chi connectivity index (χ4n) is 4.03. The number of nitrogens with one attached hydrogen (secondary N) is 1. The summed E-state index contributed by atoms with van der Waals surface area (Å²) in [5.74, 6) is -1.93. The average molecular weight is 470 g/mol. The molecule has 0 saturated heterocycles. The van der Waals surface area contributed by atoms with Crippen LogP contribution in [0.5, 0.6) is 0 Å². The molecule has 0 heterocycles. The van der Waals surface area contributed by atoms with Crippen LogP contribution in [-0.2, 0) is 19.0 Å². The second-order valence-electron chi connectivity index (χ2n) is 9.58. The van der Waals surface area contributed by atoms with Gasteiger partial charge in [-0.1, -0.05) is 62.4 Å². The molecule has 1 aliphatic carbocycles. The highest BCUT2D eigenvalue weighted by molar-refractivity contribution is 5.82. The van der Waals surface area contributed by atoms with Crippen LogP contribution < -0.4 is 5.32 Å². The predicted molar refractivity (Wildman–Crippen MR) is 126 cm³/mol. The van der Waals surface area contributed by atoms with E-state index in [9.17, 15) is 19.5 Å². The van der Waals surface area contributed by atoms with Gasteiger partial charge in [0.25, 0.3) is 0 Å². The summed E-state index contributed by atoms with van der Waals surface area (Å²) in [6.07, 6.45) is -3.08. The van der Waals surface area contributed by atoms with Gasteiger partial charge in [-0.3, -0.25) is 0 Å². The van der Waals surface area contributed by atoms with Gasteiger partial charge in [-0.25, -0.2) is 14.4 Å². The number of hydrogen-bond acceptors (Lipinski definition) is 6. The topological polar surface area (TPSA) is 111 Å². The van der Waals surface area contributed by atoms with Crippen LogP contribution in [0.2, 0.25) is 0 Å². The van der Waals surface area contributed by atoms with Gasteiger partial charge < -0.3 is 24.6 Å². The molecule has 2 atom stereocenters. The molecule has 0 spiro atoms. The van der Waals surface area contributed by atoms with Crippen LogP contribution in [0.1, 0.15) is 51.7 Å². The lowest BCUT2D eigenvalue weighted by atomic mass is 9.98. The van der Waals surface area contributed by atoms with E-state index in [0.717, 1.165) is 22.3 Å². The van der Waals surface area contributed by atoms with Gasteiger partial charge in [-0.15, -0.1) is 0 Å². The van der Waals surface area contributed by atoms with E-state index >= 15 is 0 Å². The van der Waals surface area contributed by atoms with Crippen LogP contribution in [0.25, 0.3) is 11.1 Å². The third kappa shape index (κ3) is 5.87. The number of carbonyl (C=O) groups excluding carboxylic acids is 2. The molecule has 2 aromatic carbocycles. The summed E-state index contributed by atoms with van der Waals surface area (Å²) in [6, 6.07) is 14.3. The molecule has 2 aromatic rings. The summed E-state index contributed by atoms with van der Waals surface area (Å²) in [6.45, 7) is 8.41. The van der Waals surface area contributed by atoms with E-state index < -0.39 is 41.9 Å². The van der Waals surface area contributed by atoms with E-state index in [1.54, 1.807) is 34.6 Å². The number of carboxylic acids is 1. The summed E-state index contributed by atoms with van der Waals surface area (Å²) in [7, 11) is 0. The average Bonchev–Trinajstić information content (AvgIpc) is 3.07. The van der Waals surface area contributed by atoms with Crippen molar-refractivity contribution in [3.63, 3.8) is 0 Å². The Morgan fingerprint density at radius 3 is 1.97 bits per heavy atom.